The number of rotatable bonds is 2. The largest absolute Gasteiger partial charge is 0.481 e. The number of hydrogen-bond donors (Lipinski definition) is 2. The van der Waals surface area contributed by atoms with Gasteiger partial charge in [-0.3, -0.25) is 4.79 Å². The van der Waals surface area contributed by atoms with Crippen LogP contribution in [0.2, 0.25) is 0 Å². The second-order valence-corrected chi connectivity index (χ2v) is 5.21. The number of carbonyl (C=O) groups is 1. The van der Waals surface area contributed by atoms with Crippen LogP contribution >= 0.6 is 15.9 Å². The number of carboxylic acids is 1. The minimum atomic E-state index is -1.14. The van der Waals surface area contributed by atoms with Gasteiger partial charge < -0.3 is 10.4 Å². The molecule has 0 aromatic heterocycles. The predicted octanol–water partition coefficient (Wildman–Crippen LogP) is 2.29. The standard InChI is InChI=1S/C12H13BrFNO2/c13-8-2-3-9(10(14)6-8)12(11(16)17)4-1-5-15-7-12/h2-3,6,15H,1,4-5,7H2,(H,16,17). The monoisotopic (exact) mass is 301 g/mol. The zero-order valence-electron chi connectivity index (χ0n) is 9.17. The van der Waals surface area contributed by atoms with Crippen LogP contribution in [0, 0.1) is 5.82 Å². The van der Waals surface area contributed by atoms with Gasteiger partial charge in [-0.1, -0.05) is 22.0 Å². The number of halogens is 2. The molecule has 1 aliphatic heterocycles. The SMILES string of the molecule is O=C(O)C1(c2ccc(Br)cc2F)CCCNC1. The maximum absolute atomic E-state index is 13.9. The van der Waals surface area contributed by atoms with Gasteiger partial charge in [-0.15, -0.1) is 0 Å². The Bertz CT molecular complexity index is 444. The van der Waals surface area contributed by atoms with Gasteiger partial charge in [-0.25, -0.2) is 4.39 Å². The minimum absolute atomic E-state index is 0.264. The van der Waals surface area contributed by atoms with Crippen molar-refractivity contribution in [1.29, 1.82) is 0 Å². The normalized spacial score (nSPS) is 24.6. The fourth-order valence-electron chi connectivity index (χ4n) is 2.31. The summed E-state index contributed by atoms with van der Waals surface area (Å²) in [5, 5.41) is 12.5. The maximum atomic E-state index is 13.9. The van der Waals surface area contributed by atoms with Crippen molar-refractivity contribution in [2.45, 2.75) is 18.3 Å². The zero-order chi connectivity index (χ0) is 12.5. The van der Waals surface area contributed by atoms with Crippen molar-refractivity contribution in [2.75, 3.05) is 13.1 Å². The van der Waals surface area contributed by atoms with Crippen molar-refractivity contribution in [2.24, 2.45) is 0 Å². The van der Waals surface area contributed by atoms with Crippen molar-refractivity contribution in [3.63, 3.8) is 0 Å². The fourth-order valence-corrected chi connectivity index (χ4v) is 2.64. The van der Waals surface area contributed by atoms with Crippen LogP contribution in [0.1, 0.15) is 18.4 Å². The number of benzene rings is 1. The number of aliphatic carboxylic acids is 1. The third-order valence-electron chi connectivity index (χ3n) is 3.24. The molecule has 0 bridgehead atoms. The van der Waals surface area contributed by atoms with E-state index in [1.807, 2.05) is 0 Å². The van der Waals surface area contributed by atoms with Crippen molar-refractivity contribution in [3.05, 3.63) is 34.1 Å². The first kappa shape index (κ1) is 12.5. The Morgan fingerprint density at radius 2 is 2.29 bits per heavy atom. The van der Waals surface area contributed by atoms with E-state index in [0.29, 0.717) is 10.9 Å². The summed E-state index contributed by atoms with van der Waals surface area (Å²) in [6.45, 7) is 1.06. The summed E-state index contributed by atoms with van der Waals surface area (Å²) in [7, 11) is 0. The van der Waals surface area contributed by atoms with Gasteiger partial charge in [0.05, 0.1) is 0 Å². The molecule has 0 spiro atoms. The molecular weight excluding hydrogens is 289 g/mol. The average Bonchev–Trinajstić information content (AvgIpc) is 2.29. The molecule has 1 fully saturated rings. The van der Waals surface area contributed by atoms with Gasteiger partial charge in [-0.2, -0.15) is 0 Å². The molecule has 92 valence electrons. The first-order valence-corrected chi connectivity index (χ1v) is 6.25. The van der Waals surface area contributed by atoms with E-state index in [1.165, 1.54) is 6.07 Å². The van der Waals surface area contributed by atoms with Gasteiger partial charge >= 0.3 is 5.97 Å². The van der Waals surface area contributed by atoms with Gasteiger partial charge in [0, 0.05) is 16.6 Å². The molecule has 1 saturated heterocycles. The molecule has 1 unspecified atom stereocenters. The molecule has 0 amide bonds. The Balaban J connectivity index is 2.49. The highest BCUT2D eigenvalue weighted by molar-refractivity contribution is 9.10. The molecule has 1 aromatic rings. The van der Waals surface area contributed by atoms with Gasteiger partial charge in [0.2, 0.25) is 0 Å². The maximum Gasteiger partial charge on any atom is 0.315 e. The van der Waals surface area contributed by atoms with E-state index in [2.05, 4.69) is 21.2 Å². The summed E-state index contributed by atoms with van der Waals surface area (Å²) in [6.07, 6.45) is 1.20. The van der Waals surface area contributed by atoms with Crippen molar-refractivity contribution < 1.29 is 14.3 Å². The van der Waals surface area contributed by atoms with Crippen LogP contribution in [0.15, 0.2) is 22.7 Å². The van der Waals surface area contributed by atoms with Crippen molar-refractivity contribution in [1.82, 2.24) is 5.32 Å². The van der Waals surface area contributed by atoms with Gasteiger partial charge in [-0.05, 0) is 31.5 Å². The zero-order valence-corrected chi connectivity index (χ0v) is 10.8. The van der Waals surface area contributed by atoms with Gasteiger partial charge in [0.15, 0.2) is 0 Å². The fraction of sp³-hybridized carbons (Fsp3) is 0.417. The molecule has 0 saturated carbocycles. The molecule has 1 heterocycles. The highest BCUT2D eigenvalue weighted by atomic mass is 79.9. The lowest BCUT2D eigenvalue weighted by Crippen LogP contribution is -2.49. The Labute approximate surface area is 107 Å². The molecular formula is C12H13BrFNO2. The Kier molecular flexibility index (Phi) is 3.49. The molecule has 1 atom stereocenters. The molecule has 17 heavy (non-hydrogen) atoms. The molecule has 2 rings (SSSR count). The van der Waals surface area contributed by atoms with E-state index in [4.69, 9.17) is 0 Å². The summed E-state index contributed by atoms with van der Waals surface area (Å²) < 4.78 is 14.5. The lowest BCUT2D eigenvalue weighted by atomic mass is 9.74. The topological polar surface area (TPSA) is 49.3 Å². The second-order valence-electron chi connectivity index (χ2n) is 4.29. The Hall–Kier alpha value is -0.940. The third kappa shape index (κ3) is 2.21. The van der Waals surface area contributed by atoms with E-state index in [-0.39, 0.29) is 12.1 Å². The summed E-state index contributed by atoms with van der Waals surface area (Å²) in [5.74, 6) is -1.43. The number of carboxylic acid groups (broad SMARTS) is 1. The summed E-state index contributed by atoms with van der Waals surface area (Å²) in [6, 6.07) is 4.55. The van der Waals surface area contributed by atoms with E-state index in [9.17, 15) is 14.3 Å². The van der Waals surface area contributed by atoms with E-state index >= 15 is 0 Å². The predicted molar refractivity (Wildman–Crippen MR) is 65.5 cm³/mol. The number of hydrogen-bond acceptors (Lipinski definition) is 2. The van der Waals surface area contributed by atoms with Gasteiger partial charge in [0.1, 0.15) is 11.2 Å². The molecule has 0 radical (unpaired) electrons. The smallest absolute Gasteiger partial charge is 0.315 e. The summed E-state index contributed by atoms with van der Waals surface area (Å²) >= 11 is 3.17. The van der Waals surface area contributed by atoms with E-state index in [0.717, 1.165) is 13.0 Å². The van der Waals surface area contributed by atoms with Crippen LogP contribution in [-0.4, -0.2) is 24.2 Å². The first-order chi connectivity index (χ1) is 8.06. The quantitative estimate of drug-likeness (QED) is 0.881. The van der Waals surface area contributed by atoms with Crippen LogP contribution in [-0.2, 0) is 10.2 Å². The molecule has 0 aliphatic carbocycles. The number of piperidine rings is 1. The highest BCUT2D eigenvalue weighted by Crippen LogP contribution is 2.34. The van der Waals surface area contributed by atoms with Crippen molar-refractivity contribution in [3.8, 4) is 0 Å². The Morgan fingerprint density at radius 3 is 2.82 bits per heavy atom. The average molecular weight is 302 g/mol. The molecule has 1 aromatic carbocycles. The van der Waals surface area contributed by atoms with Crippen LogP contribution in [0.5, 0.6) is 0 Å². The van der Waals surface area contributed by atoms with Crippen LogP contribution < -0.4 is 5.32 Å². The molecule has 1 aliphatic rings. The summed E-state index contributed by atoms with van der Waals surface area (Å²) in [4.78, 5) is 11.5. The highest BCUT2D eigenvalue weighted by Gasteiger charge is 2.43. The second kappa shape index (κ2) is 4.74. The molecule has 5 heteroatoms. The van der Waals surface area contributed by atoms with Crippen LogP contribution in [0.3, 0.4) is 0 Å². The van der Waals surface area contributed by atoms with Crippen LogP contribution in [0.4, 0.5) is 4.39 Å². The first-order valence-electron chi connectivity index (χ1n) is 5.46. The molecule has 2 N–H and O–H groups in total. The van der Waals surface area contributed by atoms with E-state index < -0.39 is 17.2 Å². The van der Waals surface area contributed by atoms with Crippen LogP contribution in [0.25, 0.3) is 0 Å². The van der Waals surface area contributed by atoms with E-state index in [1.54, 1.807) is 12.1 Å². The third-order valence-corrected chi connectivity index (χ3v) is 3.73. The van der Waals surface area contributed by atoms with Gasteiger partial charge in [0.25, 0.3) is 0 Å². The van der Waals surface area contributed by atoms with Crippen molar-refractivity contribution >= 4 is 21.9 Å². The number of nitrogens with one attached hydrogen (secondary N) is 1. The minimum Gasteiger partial charge on any atom is -0.481 e. The lowest BCUT2D eigenvalue weighted by molar-refractivity contribution is -0.144. The Morgan fingerprint density at radius 1 is 1.53 bits per heavy atom. The lowest BCUT2D eigenvalue weighted by Gasteiger charge is -2.34. The molecule has 3 nitrogen and oxygen atoms in total. The summed E-state index contributed by atoms with van der Waals surface area (Å²) in [5.41, 5.74) is -0.872.